The van der Waals surface area contributed by atoms with E-state index in [2.05, 4.69) is 16.0 Å². The van der Waals surface area contributed by atoms with Crippen LogP contribution >= 0.6 is 0 Å². The smallest absolute Gasteiger partial charge is 0.219 e. The van der Waals surface area contributed by atoms with Crippen molar-refractivity contribution in [2.24, 2.45) is 0 Å². The molecule has 0 aromatic carbocycles. The zero-order chi connectivity index (χ0) is 13.9. The SMILES string of the molecule is CC(=O)N1CCC[C@@H]1c1cccnc1N1CCOCC1. The van der Waals surface area contributed by atoms with Crippen LogP contribution in [0.25, 0.3) is 0 Å². The Bertz CT molecular complexity index is 486. The number of carbonyl (C=O) groups is 1. The highest BCUT2D eigenvalue weighted by Crippen LogP contribution is 2.36. The first-order chi connectivity index (χ1) is 9.77. The molecule has 108 valence electrons. The highest BCUT2D eigenvalue weighted by molar-refractivity contribution is 5.74. The van der Waals surface area contributed by atoms with Gasteiger partial charge in [-0.15, -0.1) is 0 Å². The normalized spacial score (nSPS) is 23.1. The van der Waals surface area contributed by atoms with E-state index < -0.39 is 0 Å². The first-order valence-electron chi connectivity index (χ1n) is 7.32. The largest absolute Gasteiger partial charge is 0.378 e. The summed E-state index contributed by atoms with van der Waals surface area (Å²) in [4.78, 5) is 20.6. The standard InChI is InChI=1S/C15H21N3O2/c1-12(19)18-7-3-5-14(18)13-4-2-6-16-15(13)17-8-10-20-11-9-17/h2,4,6,14H,3,5,7-11H2,1H3/t14-/m1/s1. The molecule has 1 aromatic rings. The predicted octanol–water partition coefficient (Wildman–Crippen LogP) is 1.60. The lowest BCUT2D eigenvalue weighted by Crippen LogP contribution is -2.38. The van der Waals surface area contributed by atoms with Crippen LogP contribution < -0.4 is 4.90 Å². The van der Waals surface area contributed by atoms with E-state index in [1.807, 2.05) is 17.2 Å². The summed E-state index contributed by atoms with van der Waals surface area (Å²) in [6.45, 7) is 5.75. The summed E-state index contributed by atoms with van der Waals surface area (Å²) in [5.74, 6) is 1.18. The van der Waals surface area contributed by atoms with Gasteiger partial charge in [-0.1, -0.05) is 6.07 Å². The first kappa shape index (κ1) is 13.4. The van der Waals surface area contributed by atoms with Crippen molar-refractivity contribution in [3.8, 4) is 0 Å². The number of carbonyl (C=O) groups excluding carboxylic acids is 1. The van der Waals surface area contributed by atoms with Crippen LogP contribution in [-0.2, 0) is 9.53 Å². The summed E-state index contributed by atoms with van der Waals surface area (Å²) in [5, 5.41) is 0. The molecule has 20 heavy (non-hydrogen) atoms. The lowest BCUT2D eigenvalue weighted by molar-refractivity contribution is -0.129. The minimum atomic E-state index is 0.157. The van der Waals surface area contributed by atoms with E-state index >= 15 is 0 Å². The number of hydrogen-bond acceptors (Lipinski definition) is 4. The van der Waals surface area contributed by atoms with Gasteiger partial charge in [-0.25, -0.2) is 4.98 Å². The second-order valence-corrected chi connectivity index (χ2v) is 5.39. The molecule has 2 saturated heterocycles. The third-order valence-electron chi connectivity index (χ3n) is 4.14. The minimum Gasteiger partial charge on any atom is -0.378 e. The molecule has 1 atom stereocenters. The first-order valence-corrected chi connectivity index (χ1v) is 7.32. The maximum Gasteiger partial charge on any atom is 0.219 e. The Morgan fingerprint density at radius 3 is 2.90 bits per heavy atom. The second-order valence-electron chi connectivity index (χ2n) is 5.39. The Kier molecular flexibility index (Phi) is 3.87. The summed E-state index contributed by atoms with van der Waals surface area (Å²) >= 11 is 0. The molecule has 5 nitrogen and oxygen atoms in total. The van der Waals surface area contributed by atoms with Crippen molar-refractivity contribution in [1.82, 2.24) is 9.88 Å². The third-order valence-corrected chi connectivity index (χ3v) is 4.14. The average Bonchev–Trinajstić information content (AvgIpc) is 2.98. The quantitative estimate of drug-likeness (QED) is 0.822. The van der Waals surface area contributed by atoms with Crippen molar-refractivity contribution in [2.45, 2.75) is 25.8 Å². The summed E-state index contributed by atoms with van der Waals surface area (Å²) in [5.41, 5.74) is 1.18. The van der Waals surface area contributed by atoms with Crippen LogP contribution in [0.1, 0.15) is 31.4 Å². The molecule has 3 rings (SSSR count). The van der Waals surface area contributed by atoms with Gasteiger partial charge in [0.05, 0.1) is 19.3 Å². The van der Waals surface area contributed by atoms with Crippen molar-refractivity contribution in [2.75, 3.05) is 37.7 Å². The fourth-order valence-corrected chi connectivity index (χ4v) is 3.18. The minimum absolute atomic E-state index is 0.157. The highest BCUT2D eigenvalue weighted by Gasteiger charge is 2.31. The fraction of sp³-hybridized carbons (Fsp3) is 0.600. The molecule has 2 fully saturated rings. The zero-order valence-electron chi connectivity index (χ0n) is 11.9. The van der Waals surface area contributed by atoms with E-state index in [1.165, 1.54) is 5.56 Å². The van der Waals surface area contributed by atoms with E-state index in [0.29, 0.717) is 0 Å². The molecule has 0 spiro atoms. The van der Waals surface area contributed by atoms with Gasteiger partial charge in [-0.3, -0.25) is 4.79 Å². The summed E-state index contributed by atoms with van der Waals surface area (Å²) in [7, 11) is 0. The number of morpholine rings is 1. The van der Waals surface area contributed by atoms with Gasteiger partial charge in [0.1, 0.15) is 5.82 Å². The van der Waals surface area contributed by atoms with Crippen molar-refractivity contribution < 1.29 is 9.53 Å². The van der Waals surface area contributed by atoms with Crippen LogP contribution in [0.4, 0.5) is 5.82 Å². The number of rotatable bonds is 2. The van der Waals surface area contributed by atoms with Gasteiger partial charge in [-0.2, -0.15) is 0 Å². The van der Waals surface area contributed by atoms with E-state index in [4.69, 9.17) is 4.74 Å². The molecule has 0 aliphatic carbocycles. The maximum atomic E-state index is 11.8. The number of hydrogen-bond donors (Lipinski definition) is 0. The van der Waals surface area contributed by atoms with Crippen LogP contribution in [0.15, 0.2) is 18.3 Å². The van der Waals surface area contributed by atoms with Gasteiger partial charge in [0.15, 0.2) is 0 Å². The second kappa shape index (κ2) is 5.79. The Hall–Kier alpha value is -1.62. The molecular weight excluding hydrogens is 254 g/mol. The predicted molar refractivity (Wildman–Crippen MR) is 76.6 cm³/mol. The zero-order valence-corrected chi connectivity index (χ0v) is 11.9. The number of anilines is 1. The molecule has 3 heterocycles. The molecule has 0 saturated carbocycles. The summed E-state index contributed by atoms with van der Waals surface area (Å²) < 4.78 is 5.41. The van der Waals surface area contributed by atoms with Crippen molar-refractivity contribution in [3.05, 3.63) is 23.9 Å². The van der Waals surface area contributed by atoms with Crippen LogP contribution in [0.3, 0.4) is 0 Å². The number of aromatic nitrogens is 1. The monoisotopic (exact) mass is 275 g/mol. The van der Waals surface area contributed by atoms with E-state index in [9.17, 15) is 4.79 Å². The molecule has 0 unspecified atom stereocenters. The average molecular weight is 275 g/mol. The van der Waals surface area contributed by atoms with E-state index in [-0.39, 0.29) is 11.9 Å². The number of amides is 1. The molecule has 0 bridgehead atoms. The maximum absolute atomic E-state index is 11.8. The van der Waals surface area contributed by atoms with Crippen LogP contribution in [0.2, 0.25) is 0 Å². The summed E-state index contributed by atoms with van der Waals surface area (Å²) in [6.07, 6.45) is 3.94. The van der Waals surface area contributed by atoms with Gasteiger partial charge in [0.25, 0.3) is 0 Å². The van der Waals surface area contributed by atoms with Gasteiger partial charge in [0, 0.05) is 38.3 Å². The Morgan fingerprint density at radius 2 is 2.15 bits per heavy atom. The number of nitrogens with zero attached hydrogens (tertiary/aromatic N) is 3. The molecule has 2 aliphatic rings. The third kappa shape index (κ3) is 2.50. The molecule has 2 aliphatic heterocycles. The molecule has 0 radical (unpaired) electrons. The van der Waals surface area contributed by atoms with Gasteiger partial charge in [-0.05, 0) is 18.9 Å². The van der Waals surface area contributed by atoms with Crippen LogP contribution in [0, 0.1) is 0 Å². The molecule has 5 heteroatoms. The Morgan fingerprint density at radius 1 is 1.35 bits per heavy atom. The number of ether oxygens (including phenoxy) is 1. The Balaban J connectivity index is 1.90. The molecule has 1 amide bonds. The lowest BCUT2D eigenvalue weighted by atomic mass is 10.0. The topological polar surface area (TPSA) is 45.7 Å². The highest BCUT2D eigenvalue weighted by atomic mass is 16.5. The molecule has 1 aromatic heterocycles. The van der Waals surface area contributed by atoms with E-state index in [1.54, 1.807) is 6.92 Å². The van der Waals surface area contributed by atoms with E-state index in [0.717, 1.165) is 51.5 Å². The Labute approximate surface area is 119 Å². The van der Waals surface area contributed by atoms with Gasteiger partial charge in [0.2, 0.25) is 5.91 Å². The molecular formula is C15H21N3O2. The number of likely N-dealkylation sites (tertiary alicyclic amines) is 1. The fourth-order valence-electron chi connectivity index (χ4n) is 3.18. The van der Waals surface area contributed by atoms with Crippen LogP contribution in [0.5, 0.6) is 0 Å². The molecule has 0 N–H and O–H groups in total. The van der Waals surface area contributed by atoms with Crippen molar-refractivity contribution >= 4 is 11.7 Å². The number of pyridine rings is 1. The van der Waals surface area contributed by atoms with Crippen LogP contribution in [-0.4, -0.2) is 48.6 Å². The van der Waals surface area contributed by atoms with Gasteiger partial charge < -0.3 is 14.5 Å². The summed E-state index contributed by atoms with van der Waals surface area (Å²) in [6, 6.07) is 4.26. The van der Waals surface area contributed by atoms with Crippen molar-refractivity contribution in [1.29, 1.82) is 0 Å². The van der Waals surface area contributed by atoms with Crippen molar-refractivity contribution in [3.63, 3.8) is 0 Å². The lowest BCUT2D eigenvalue weighted by Gasteiger charge is -2.32. The van der Waals surface area contributed by atoms with Gasteiger partial charge >= 0.3 is 0 Å².